The molecule has 0 fully saturated rings. The highest BCUT2D eigenvalue weighted by atomic mass is 16.4. The van der Waals surface area contributed by atoms with E-state index < -0.39 is 0 Å². The van der Waals surface area contributed by atoms with E-state index in [1.807, 2.05) is 37.3 Å². The van der Waals surface area contributed by atoms with Gasteiger partial charge in [0, 0.05) is 11.5 Å². The lowest BCUT2D eigenvalue weighted by Gasteiger charge is -1.97. The molecule has 0 radical (unpaired) electrons. The first-order chi connectivity index (χ1) is 9.70. The lowest BCUT2D eigenvalue weighted by atomic mass is 10.2. The Morgan fingerprint density at radius 2 is 1.70 bits per heavy atom. The lowest BCUT2D eigenvalue weighted by Crippen LogP contribution is -1.93. The van der Waals surface area contributed by atoms with Crippen LogP contribution in [0.1, 0.15) is 5.56 Å². The molecule has 0 atom stereocenters. The van der Waals surface area contributed by atoms with Crippen molar-refractivity contribution in [2.24, 2.45) is 10.2 Å². The minimum absolute atomic E-state index is 0.355. The number of hydrogen-bond donors (Lipinski definition) is 0. The van der Waals surface area contributed by atoms with Gasteiger partial charge in [0.2, 0.25) is 0 Å². The quantitative estimate of drug-likeness (QED) is 0.505. The van der Waals surface area contributed by atoms with Crippen LogP contribution in [0.4, 0.5) is 11.4 Å². The maximum atomic E-state index is 11.1. The summed E-state index contributed by atoms with van der Waals surface area (Å²) in [7, 11) is 0. The molecule has 0 saturated carbocycles. The van der Waals surface area contributed by atoms with E-state index in [1.165, 1.54) is 6.07 Å². The average molecular weight is 264 g/mol. The normalized spacial score (nSPS) is 11.2. The predicted molar refractivity (Wildman–Crippen MR) is 77.8 cm³/mol. The van der Waals surface area contributed by atoms with E-state index >= 15 is 0 Å². The van der Waals surface area contributed by atoms with E-state index in [0.717, 1.165) is 16.6 Å². The number of benzene rings is 2. The Labute approximate surface area is 115 Å². The zero-order valence-electron chi connectivity index (χ0n) is 10.9. The highest BCUT2D eigenvalue weighted by molar-refractivity contribution is 5.79. The van der Waals surface area contributed by atoms with Gasteiger partial charge in [0.15, 0.2) is 0 Å². The summed E-state index contributed by atoms with van der Waals surface area (Å²) in [5.41, 5.74) is 2.86. The SMILES string of the molecule is Cc1cccc(N=Nc2ccc3oc(=O)ccc3c2)c1. The van der Waals surface area contributed by atoms with E-state index in [2.05, 4.69) is 10.2 Å². The van der Waals surface area contributed by atoms with Gasteiger partial charge >= 0.3 is 5.63 Å². The summed E-state index contributed by atoms with van der Waals surface area (Å²) in [6.45, 7) is 2.01. The third-order valence-corrected chi connectivity index (χ3v) is 2.89. The molecule has 98 valence electrons. The molecule has 2 aromatic carbocycles. The molecule has 0 N–H and O–H groups in total. The minimum atomic E-state index is -0.355. The van der Waals surface area contributed by atoms with Gasteiger partial charge in [0.25, 0.3) is 0 Å². The van der Waals surface area contributed by atoms with Gasteiger partial charge in [-0.25, -0.2) is 4.79 Å². The van der Waals surface area contributed by atoms with Crippen molar-refractivity contribution >= 4 is 22.3 Å². The molecule has 0 unspecified atom stereocenters. The zero-order valence-corrected chi connectivity index (χ0v) is 10.9. The average Bonchev–Trinajstić information content (AvgIpc) is 2.45. The van der Waals surface area contributed by atoms with Crippen molar-refractivity contribution < 1.29 is 4.42 Å². The number of nitrogens with zero attached hydrogens (tertiary/aromatic N) is 2. The van der Waals surface area contributed by atoms with Crippen LogP contribution in [0.2, 0.25) is 0 Å². The second kappa shape index (κ2) is 5.09. The van der Waals surface area contributed by atoms with Crippen molar-refractivity contribution in [1.29, 1.82) is 0 Å². The molecule has 0 spiro atoms. The van der Waals surface area contributed by atoms with Gasteiger partial charge in [0.1, 0.15) is 5.58 Å². The maximum absolute atomic E-state index is 11.1. The molecule has 3 aromatic rings. The van der Waals surface area contributed by atoms with E-state index in [9.17, 15) is 4.79 Å². The molecule has 0 saturated heterocycles. The third kappa shape index (κ3) is 2.64. The Kier molecular flexibility index (Phi) is 3.13. The van der Waals surface area contributed by atoms with Crippen molar-refractivity contribution in [1.82, 2.24) is 0 Å². The standard InChI is InChI=1S/C16H12N2O2/c1-11-3-2-4-13(9-11)17-18-14-6-7-15-12(10-14)5-8-16(19)20-15/h2-10H,1H3. The second-order valence-electron chi connectivity index (χ2n) is 4.52. The molecule has 4 heteroatoms. The fraction of sp³-hybridized carbons (Fsp3) is 0.0625. The van der Waals surface area contributed by atoms with E-state index in [1.54, 1.807) is 18.2 Å². The van der Waals surface area contributed by atoms with Gasteiger partial charge in [-0.1, -0.05) is 12.1 Å². The topological polar surface area (TPSA) is 54.9 Å². The monoisotopic (exact) mass is 264 g/mol. The number of fused-ring (bicyclic) bond motifs is 1. The number of aryl methyl sites for hydroxylation is 1. The maximum Gasteiger partial charge on any atom is 0.336 e. The Bertz CT molecular complexity index is 850. The number of hydrogen-bond acceptors (Lipinski definition) is 4. The number of azo groups is 1. The van der Waals surface area contributed by atoms with Gasteiger partial charge in [0.05, 0.1) is 11.4 Å². The minimum Gasteiger partial charge on any atom is -0.423 e. The molecular formula is C16H12N2O2. The second-order valence-corrected chi connectivity index (χ2v) is 4.52. The van der Waals surface area contributed by atoms with Gasteiger partial charge in [-0.15, -0.1) is 0 Å². The van der Waals surface area contributed by atoms with Crippen molar-refractivity contribution in [3.05, 3.63) is 70.6 Å². The summed E-state index contributed by atoms with van der Waals surface area (Å²) < 4.78 is 5.07. The van der Waals surface area contributed by atoms with Crippen LogP contribution in [0.15, 0.2) is 74.0 Å². The number of rotatable bonds is 2. The first-order valence-electron chi connectivity index (χ1n) is 6.23. The molecule has 20 heavy (non-hydrogen) atoms. The smallest absolute Gasteiger partial charge is 0.336 e. The van der Waals surface area contributed by atoms with Crippen LogP contribution in [0.3, 0.4) is 0 Å². The molecule has 0 bridgehead atoms. The first kappa shape index (κ1) is 12.3. The zero-order chi connectivity index (χ0) is 13.9. The summed E-state index contributed by atoms with van der Waals surface area (Å²) in [5.74, 6) is 0. The Morgan fingerprint density at radius 1 is 0.900 bits per heavy atom. The first-order valence-corrected chi connectivity index (χ1v) is 6.23. The molecule has 4 nitrogen and oxygen atoms in total. The molecule has 0 aliphatic rings. The van der Waals surface area contributed by atoms with Crippen molar-refractivity contribution in [2.75, 3.05) is 0 Å². The van der Waals surface area contributed by atoms with Gasteiger partial charge < -0.3 is 4.42 Å². The largest absolute Gasteiger partial charge is 0.423 e. The Morgan fingerprint density at radius 3 is 2.50 bits per heavy atom. The summed E-state index contributed by atoms with van der Waals surface area (Å²) in [6.07, 6.45) is 0. The van der Waals surface area contributed by atoms with E-state index in [-0.39, 0.29) is 5.63 Å². The van der Waals surface area contributed by atoms with Crippen LogP contribution < -0.4 is 5.63 Å². The molecule has 0 amide bonds. The van der Waals surface area contributed by atoms with Crippen LogP contribution in [0.5, 0.6) is 0 Å². The van der Waals surface area contributed by atoms with Gasteiger partial charge in [-0.2, -0.15) is 10.2 Å². The van der Waals surface area contributed by atoms with E-state index in [0.29, 0.717) is 11.3 Å². The molecule has 0 aliphatic carbocycles. The lowest BCUT2D eigenvalue weighted by molar-refractivity contribution is 0.561. The molecular weight excluding hydrogens is 252 g/mol. The van der Waals surface area contributed by atoms with Crippen molar-refractivity contribution in [3.63, 3.8) is 0 Å². The van der Waals surface area contributed by atoms with Crippen molar-refractivity contribution in [3.8, 4) is 0 Å². The molecule has 3 rings (SSSR count). The predicted octanol–water partition coefficient (Wildman–Crippen LogP) is 4.52. The highest BCUT2D eigenvalue weighted by Crippen LogP contribution is 2.22. The summed E-state index contributed by atoms with van der Waals surface area (Å²) in [5, 5.41) is 9.21. The van der Waals surface area contributed by atoms with Crippen LogP contribution >= 0.6 is 0 Å². The summed E-state index contributed by atoms with van der Waals surface area (Å²) >= 11 is 0. The highest BCUT2D eigenvalue weighted by Gasteiger charge is 1.98. The van der Waals surface area contributed by atoms with Crippen molar-refractivity contribution in [2.45, 2.75) is 6.92 Å². The van der Waals surface area contributed by atoms with Crippen LogP contribution in [-0.4, -0.2) is 0 Å². The fourth-order valence-electron chi connectivity index (χ4n) is 1.93. The third-order valence-electron chi connectivity index (χ3n) is 2.89. The van der Waals surface area contributed by atoms with Crippen LogP contribution in [-0.2, 0) is 0 Å². The molecule has 0 aliphatic heterocycles. The Hall–Kier alpha value is -2.75. The summed E-state index contributed by atoms with van der Waals surface area (Å²) in [6, 6.07) is 16.2. The van der Waals surface area contributed by atoms with E-state index in [4.69, 9.17) is 4.42 Å². The van der Waals surface area contributed by atoms with Crippen LogP contribution in [0, 0.1) is 6.92 Å². The summed E-state index contributed by atoms with van der Waals surface area (Å²) in [4.78, 5) is 11.1. The van der Waals surface area contributed by atoms with Gasteiger partial charge in [-0.3, -0.25) is 0 Å². The molecule has 1 aromatic heterocycles. The Balaban J connectivity index is 1.95. The molecule has 1 heterocycles. The van der Waals surface area contributed by atoms with Crippen LogP contribution in [0.25, 0.3) is 11.0 Å². The fourth-order valence-corrected chi connectivity index (χ4v) is 1.93. The van der Waals surface area contributed by atoms with Gasteiger partial charge in [-0.05, 0) is 48.9 Å².